The third kappa shape index (κ3) is 4.33. The van der Waals surface area contributed by atoms with Crippen molar-refractivity contribution in [2.45, 2.75) is 12.8 Å². The zero-order chi connectivity index (χ0) is 18.5. The minimum atomic E-state index is -0.844. The van der Waals surface area contributed by atoms with E-state index in [-0.39, 0.29) is 0 Å². The van der Waals surface area contributed by atoms with E-state index in [1.165, 1.54) is 4.90 Å². The van der Waals surface area contributed by atoms with Crippen molar-refractivity contribution in [1.82, 2.24) is 4.90 Å². The van der Waals surface area contributed by atoms with Gasteiger partial charge in [0.05, 0.1) is 6.61 Å². The van der Waals surface area contributed by atoms with E-state index in [9.17, 15) is 9.59 Å². The van der Waals surface area contributed by atoms with E-state index in [1.807, 2.05) is 36.4 Å². The molecule has 0 bridgehead atoms. The monoisotopic (exact) mass is 354 g/mol. The van der Waals surface area contributed by atoms with Gasteiger partial charge in [0.15, 0.2) is 0 Å². The molecule has 3 N–H and O–H groups in total. The molecule has 0 radical (unpaired) electrons. The molecular weight excluding hydrogens is 332 g/mol. The first kappa shape index (κ1) is 17.8. The normalized spacial score (nSPS) is 14.8. The highest BCUT2D eigenvalue weighted by Gasteiger charge is 2.22. The first-order chi connectivity index (χ1) is 12.5. The lowest BCUT2D eigenvalue weighted by Gasteiger charge is -2.29. The first-order valence-electron chi connectivity index (χ1n) is 8.64. The van der Waals surface area contributed by atoms with E-state index >= 15 is 0 Å². The van der Waals surface area contributed by atoms with Gasteiger partial charge in [-0.05, 0) is 54.2 Å². The molecule has 0 saturated carbocycles. The van der Waals surface area contributed by atoms with E-state index in [0.29, 0.717) is 31.2 Å². The fraction of sp³-hybridized carbons (Fsp3) is 0.300. The zero-order valence-corrected chi connectivity index (χ0v) is 14.4. The molecular formula is C20H22N2O4. The maximum atomic E-state index is 11.1. The molecule has 3 rings (SSSR count). The number of amides is 2. The molecule has 1 saturated heterocycles. The van der Waals surface area contributed by atoms with E-state index in [4.69, 9.17) is 15.6 Å². The second kappa shape index (κ2) is 7.91. The van der Waals surface area contributed by atoms with Crippen molar-refractivity contribution >= 4 is 12.0 Å². The van der Waals surface area contributed by atoms with Gasteiger partial charge in [-0.2, -0.15) is 0 Å². The van der Waals surface area contributed by atoms with E-state index in [1.54, 1.807) is 12.1 Å². The number of likely N-dealkylation sites (tertiary alicyclic amines) is 1. The van der Waals surface area contributed by atoms with Crippen molar-refractivity contribution < 1.29 is 19.4 Å². The average molecular weight is 354 g/mol. The largest absolute Gasteiger partial charge is 0.493 e. The number of carboxylic acid groups (broad SMARTS) is 1. The molecule has 1 heterocycles. The summed E-state index contributed by atoms with van der Waals surface area (Å²) in [6, 6.07) is 15.0. The molecule has 2 aromatic carbocycles. The molecule has 1 fully saturated rings. The van der Waals surface area contributed by atoms with Crippen LogP contribution in [0.2, 0.25) is 0 Å². The van der Waals surface area contributed by atoms with Crippen LogP contribution in [0.1, 0.15) is 23.2 Å². The fourth-order valence-electron chi connectivity index (χ4n) is 3.08. The molecule has 0 spiro atoms. The molecule has 0 atom stereocenters. The summed E-state index contributed by atoms with van der Waals surface area (Å²) in [6.07, 6.45) is 0.816. The van der Waals surface area contributed by atoms with Gasteiger partial charge in [-0.3, -0.25) is 4.79 Å². The third-order valence-corrected chi connectivity index (χ3v) is 4.73. The highest BCUT2D eigenvalue weighted by atomic mass is 16.5. The van der Waals surface area contributed by atoms with Crippen LogP contribution in [0.15, 0.2) is 48.5 Å². The van der Waals surface area contributed by atoms with Crippen LogP contribution < -0.4 is 10.5 Å². The summed E-state index contributed by atoms with van der Waals surface area (Å²) < 4.78 is 5.86. The molecule has 1 aliphatic heterocycles. The number of nitrogens with zero attached hydrogens (tertiary/aromatic N) is 1. The lowest BCUT2D eigenvalue weighted by Crippen LogP contribution is -2.38. The number of piperidine rings is 1. The Kier molecular flexibility index (Phi) is 5.41. The minimum absolute atomic E-state index is 0.381. The Morgan fingerprint density at radius 1 is 1.00 bits per heavy atom. The molecule has 0 aromatic heterocycles. The van der Waals surface area contributed by atoms with Gasteiger partial charge >= 0.3 is 6.09 Å². The molecule has 136 valence electrons. The number of nitrogens with two attached hydrogens (primary N) is 1. The second-order valence-electron chi connectivity index (χ2n) is 6.49. The van der Waals surface area contributed by atoms with Crippen molar-refractivity contribution in [3.05, 3.63) is 54.1 Å². The van der Waals surface area contributed by atoms with Crippen molar-refractivity contribution in [3.63, 3.8) is 0 Å². The SMILES string of the molecule is NC(=O)c1ccc(-c2ccc(OCC3CCN(C(=O)O)CC3)cc2)cc1. The molecule has 26 heavy (non-hydrogen) atoms. The van der Waals surface area contributed by atoms with E-state index < -0.39 is 12.0 Å². The van der Waals surface area contributed by atoms with Crippen LogP contribution in [0.4, 0.5) is 4.79 Å². The molecule has 1 aliphatic rings. The summed E-state index contributed by atoms with van der Waals surface area (Å²) in [5, 5.41) is 8.97. The van der Waals surface area contributed by atoms with E-state index in [2.05, 4.69) is 0 Å². The summed E-state index contributed by atoms with van der Waals surface area (Å²) in [4.78, 5) is 23.5. The van der Waals surface area contributed by atoms with Crippen LogP contribution >= 0.6 is 0 Å². The number of carbonyl (C=O) groups is 2. The number of primary amides is 1. The maximum Gasteiger partial charge on any atom is 0.407 e. The van der Waals surface area contributed by atoms with Gasteiger partial charge in [-0.15, -0.1) is 0 Å². The highest BCUT2D eigenvalue weighted by Crippen LogP contribution is 2.24. The molecule has 2 aromatic rings. The number of carbonyl (C=O) groups excluding carboxylic acids is 1. The summed E-state index contributed by atoms with van der Waals surface area (Å²) >= 11 is 0. The molecule has 2 amide bonds. The van der Waals surface area contributed by atoms with Gasteiger partial charge in [0, 0.05) is 18.7 Å². The zero-order valence-electron chi connectivity index (χ0n) is 14.4. The van der Waals surface area contributed by atoms with Crippen LogP contribution in [0.5, 0.6) is 5.75 Å². The number of ether oxygens (including phenoxy) is 1. The Bertz CT molecular complexity index is 763. The Hall–Kier alpha value is -3.02. The van der Waals surface area contributed by atoms with Crippen LogP contribution in [0, 0.1) is 5.92 Å². The van der Waals surface area contributed by atoms with Crippen molar-refractivity contribution in [2.75, 3.05) is 19.7 Å². The van der Waals surface area contributed by atoms with E-state index in [0.717, 1.165) is 29.7 Å². The summed E-state index contributed by atoms with van der Waals surface area (Å²) in [5.74, 6) is 0.740. The lowest BCUT2D eigenvalue weighted by molar-refractivity contribution is 0.1000. The predicted molar refractivity (Wildman–Crippen MR) is 98.2 cm³/mol. The number of hydrogen-bond acceptors (Lipinski definition) is 3. The van der Waals surface area contributed by atoms with Crippen molar-refractivity contribution in [1.29, 1.82) is 0 Å². The third-order valence-electron chi connectivity index (χ3n) is 4.73. The Balaban J connectivity index is 1.53. The average Bonchev–Trinajstić information content (AvgIpc) is 2.67. The van der Waals surface area contributed by atoms with Gasteiger partial charge in [0.25, 0.3) is 0 Å². The Labute approximate surface area is 152 Å². The van der Waals surface area contributed by atoms with Gasteiger partial charge in [0.2, 0.25) is 5.91 Å². The lowest BCUT2D eigenvalue weighted by atomic mass is 9.98. The first-order valence-corrected chi connectivity index (χ1v) is 8.64. The van der Waals surface area contributed by atoms with Gasteiger partial charge < -0.3 is 20.5 Å². The summed E-state index contributed by atoms with van der Waals surface area (Å²) in [5.41, 5.74) is 7.77. The molecule has 0 unspecified atom stereocenters. The molecule has 6 heteroatoms. The fourth-order valence-corrected chi connectivity index (χ4v) is 3.08. The second-order valence-corrected chi connectivity index (χ2v) is 6.49. The van der Waals surface area contributed by atoms with Gasteiger partial charge in [0.1, 0.15) is 5.75 Å². The van der Waals surface area contributed by atoms with Crippen LogP contribution in [0.3, 0.4) is 0 Å². The summed E-state index contributed by atoms with van der Waals surface area (Å²) in [7, 11) is 0. The molecule has 6 nitrogen and oxygen atoms in total. The van der Waals surface area contributed by atoms with Crippen LogP contribution in [0.25, 0.3) is 11.1 Å². The summed E-state index contributed by atoms with van der Waals surface area (Å²) in [6.45, 7) is 1.74. The van der Waals surface area contributed by atoms with Crippen molar-refractivity contribution in [2.24, 2.45) is 11.7 Å². The van der Waals surface area contributed by atoms with Crippen molar-refractivity contribution in [3.8, 4) is 16.9 Å². The molecule has 0 aliphatic carbocycles. The number of hydrogen-bond donors (Lipinski definition) is 2. The number of rotatable bonds is 5. The Morgan fingerprint density at radius 2 is 1.54 bits per heavy atom. The minimum Gasteiger partial charge on any atom is -0.493 e. The predicted octanol–water partition coefficient (Wildman–Crippen LogP) is 3.22. The number of benzene rings is 2. The topological polar surface area (TPSA) is 92.9 Å². The smallest absolute Gasteiger partial charge is 0.407 e. The Morgan fingerprint density at radius 3 is 2.04 bits per heavy atom. The standard InChI is InChI=1S/C20H22N2O4/c21-19(23)17-3-1-15(2-4-17)16-5-7-18(8-6-16)26-13-14-9-11-22(12-10-14)20(24)25/h1-8,14H,9-13H2,(H2,21,23)(H,24,25). The van der Waals surface area contributed by atoms with Gasteiger partial charge in [-0.1, -0.05) is 24.3 Å². The highest BCUT2D eigenvalue weighted by molar-refractivity contribution is 5.93. The van der Waals surface area contributed by atoms with Crippen LogP contribution in [-0.2, 0) is 0 Å². The maximum absolute atomic E-state index is 11.1. The quantitative estimate of drug-likeness (QED) is 0.862. The van der Waals surface area contributed by atoms with Crippen LogP contribution in [-0.4, -0.2) is 41.7 Å². The van der Waals surface area contributed by atoms with Gasteiger partial charge in [-0.25, -0.2) is 4.79 Å².